The Balaban J connectivity index is 1.97. The van der Waals surface area contributed by atoms with Crippen LogP contribution in [0.4, 0.5) is 0 Å². The molecule has 4 rings (SSSR count). The van der Waals surface area contributed by atoms with Crippen molar-refractivity contribution >= 4 is 23.1 Å². The van der Waals surface area contributed by atoms with Gasteiger partial charge in [0, 0.05) is 16.4 Å². The van der Waals surface area contributed by atoms with Crippen LogP contribution in [0.15, 0.2) is 22.8 Å². The first kappa shape index (κ1) is 26.3. The van der Waals surface area contributed by atoms with Crippen LogP contribution in [-0.4, -0.2) is 38.3 Å². The second kappa shape index (κ2) is 8.41. The van der Waals surface area contributed by atoms with Crippen LogP contribution in [0, 0.1) is 16.7 Å². The fraction of sp³-hybridized carbons (Fsp3) is 0.567. The number of fused-ring (bicyclic) bond motifs is 3. The molecular formula is C30H38O6. The predicted octanol–water partition coefficient (Wildman–Crippen LogP) is 4.96. The van der Waals surface area contributed by atoms with Gasteiger partial charge in [0.1, 0.15) is 11.5 Å². The number of benzene rings is 1. The lowest BCUT2D eigenvalue weighted by Crippen LogP contribution is -2.67. The summed E-state index contributed by atoms with van der Waals surface area (Å²) in [6.45, 7) is 12.8. The minimum Gasteiger partial charge on any atom is -0.507 e. The van der Waals surface area contributed by atoms with Gasteiger partial charge in [-0.05, 0) is 75.0 Å². The van der Waals surface area contributed by atoms with E-state index in [2.05, 4.69) is 13.8 Å². The minimum absolute atomic E-state index is 0.0239. The molecule has 6 heteroatoms. The molecule has 0 unspecified atom stereocenters. The number of aliphatic hydroxyl groups is 2. The van der Waals surface area contributed by atoms with Crippen molar-refractivity contribution in [2.75, 3.05) is 0 Å². The summed E-state index contributed by atoms with van der Waals surface area (Å²) in [5.41, 5.74) is -1.23. The van der Waals surface area contributed by atoms with Crippen molar-refractivity contribution in [2.24, 2.45) is 16.7 Å². The van der Waals surface area contributed by atoms with Gasteiger partial charge in [-0.1, -0.05) is 46.3 Å². The normalized spacial score (nSPS) is 29.9. The van der Waals surface area contributed by atoms with Crippen molar-refractivity contribution in [1.29, 1.82) is 0 Å². The molecular weight excluding hydrogens is 456 g/mol. The van der Waals surface area contributed by atoms with Gasteiger partial charge in [-0.2, -0.15) is 0 Å². The first-order chi connectivity index (χ1) is 16.6. The number of allylic oxidation sites excluding steroid dienone is 1. The van der Waals surface area contributed by atoms with Gasteiger partial charge < -0.3 is 15.3 Å². The van der Waals surface area contributed by atoms with Gasteiger partial charge >= 0.3 is 0 Å². The summed E-state index contributed by atoms with van der Waals surface area (Å²) >= 11 is 0. The Morgan fingerprint density at radius 3 is 2.28 bits per heavy atom. The number of ketones is 3. The molecule has 1 saturated carbocycles. The number of aryl methyl sites for hydroxylation is 2. The zero-order valence-electron chi connectivity index (χ0n) is 22.5. The number of Topliss-reactive ketones (excluding diaryl/α,β-unsaturated/α-hetero) is 3. The van der Waals surface area contributed by atoms with Gasteiger partial charge in [0.2, 0.25) is 11.6 Å². The third-order valence-electron chi connectivity index (χ3n) is 8.79. The van der Waals surface area contributed by atoms with Crippen LogP contribution in [-0.2, 0) is 33.6 Å². The van der Waals surface area contributed by atoms with Crippen molar-refractivity contribution in [1.82, 2.24) is 0 Å². The van der Waals surface area contributed by atoms with E-state index >= 15 is 0 Å². The molecule has 0 amide bonds. The van der Waals surface area contributed by atoms with E-state index in [0.717, 1.165) is 17.5 Å². The van der Waals surface area contributed by atoms with Gasteiger partial charge in [-0.25, -0.2) is 0 Å². The number of hydrogen-bond acceptors (Lipinski definition) is 6. The molecule has 0 bridgehead atoms. The fourth-order valence-electron chi connectivity index (χ4n) is 7.18. The average Bonchev–Trinajstić information content (AvgIpc) is 2.75. The van der Waals surface area contributed by atoms with E-state index < -0.39 is 33.8 Å². The molecule has 3 N–H and O–H groups in total. The van der Waals surface area contributed by atoms with Gasteiger partial charge in [-0.3, -0.25) is 14.4 Å². The lowest BCUT2D eigenvalue weighted by Gasteiger charge is -2.56. The quantitative estimate of drug-likeness (QED) is 0.394. The van der Waals surface area contributed by atoms with Gasteiger partial charge in [-0.15, -0.1) is 0 Å². The second-order valence-electron chi connectivity index (χ2n) is 12.1. The van der Waals surface area contributed by atoms with E-state index in [4.69, 9.17) is 0 Å². The highest BCUT2D eigenvalue weighted by atomic mass is 16.3. The number of hydrogen-bond donors (Lipinski definition) is 3. The Morgan fingerprint density at radius 1 is 1.08 bits per heavy atom. The Bertz CT molecular complexity index is 1260. The second-order valence-corrected chi connectivity index (χ2v) is 12.1. The number of phenolic OH excluding ortho intramolecular Hbond substituents is 1. The van der Waals surface area contributed by atoms with Crippen molar-refractivity contribution < 1.29 is 29.7 Å². The molecule has 0 aromatic heterocycles. The topological polar surface area (TPSA) is 112 Å². The molecule has 0 radical (unpaired) electrons. The monoisotopic (exact) mass is 494 g/mol. The summed E-state index contributed by atoms with van der Waals surface area (Å²) in [6.07, 6.45) is 3.09. The van der Waals surface area contributed by atoms with E-state index in [1.807, 2.05) is 19.9 Å². The summed E-state index contributed by atoms with van der Waals surface area (Å²) in [6, 6.07) is 2.01. The molecule has 0 saturated heterocycles. The van der Waals surface area contributed by atoms with Crippen LogP contribution in [0.25, 0.3) is 5.76 Å². The maximum absolute atomic E-state index is 14.1. The number of carbonyl (C=O) groups is 3. The van der Waals surface area contributed by atoms with Crippen molar-refractivity contribution in [3.05, 3.63) is 45.0 Å². The summed E-state index contributed by atoms with van der Waals surface area (Å²) in [5, 5.41) is 34.7. The van der Waals surface area contributed by atoms with Gasteiger partial charge in [0.15, 0.2) is 11.4 Å². The van der Waals surface area contributed by atoms with Crippen LogP contribution in [0.5, 0.6) is 5.75 Å². The number of carbonyl (C=O) groups excluding carboxylic acids is 3. The standard InChI is InChI=1S/C30H38O6/c1-8-18-11-19(10-9-15(2)3)24(32)22-20(18)13-28(6)14-29(7)12-16(4)21(17(5)31)26(34)30(29,36)27(35)23(28)25(22)33/h11,15,32-33,36H,8-10,12-14H2,1-7H3/t28-,29+,30+/m1/s1. The Morgan fingerprint density at radius 2 is 1.72 bits per heavy atom. The Hall–Kier alpha value is -2.73. The highest BCUT2D eigenvalue weighted by Crippen LogP contribution is 2.62. The Kier molecular flexibility index (Phi) is 6.15. The van der Waals surface area contributed by atoms with E-state index in [1.165, 1.54) is 6.92 Å². The smallest absolute Gasteiger partial charge is 0.206 e. The molecule has 0 aliphatic heterocycles. The molecule has 1 aromatic carbocycles. The summed E-state index contributed by atoms with van der Waals surface area (Å²) < 4.78 is 0. The minimum atomic E-state index is -2.45. The van der Waals surface area contributed by atoms with Crippen LogP contribution in [0.3, 0.4) is 0 Å². The summed E-state index contributed by atoms with van der Waals surface area (Å²) in [5.74, 6) is -2.20. The predicted molar refractivity (Wildman–Crippen MR) is 138 cm³/mol. The third kappa shape index (κ3) is 3.44. The number of aromatic hydroxyl groups is 1. The maximum atomic E-state index is 14.1. The zero-order chi connectivity index (χ0) is 27.0. The molecule has 1 fully saturated rings. The molecule has 36 heavy (non-hydrogen) atoms. The fourth-order valence-corrected chi connectivity index (χ4v) is 7.18. The van der Waals surface area contributed by atoms with Crippen LogP contribution in [0.2, 0.25) is 0 Å². The largest absolute Gasteiger partial charge is 0.507 e. The van der Waals surface area contributed by atoms with E-state index in [9.17, 15) is 29.7 Å². The lowest BCUT2D eigenvalue weighted by molar-refractivity contribution is -0.171. The summed E-state index contributed by atoms with van der Waals surface area (Å²) in [7, 11) is 0. The third-order valence-corrected chi connectivity index (χ3v) is 8.79. The number of aliphatic hydroxyl groups excluding tert-OH is 1. The summed E-state index contributed by atoms with van der Waals surface area (Å²) in [4.78, 5) is 39.9. The van der Waals surface area contributed by atoms with Crippen molar-refractivity contribution in [2.45, 2.75) is 92.6 Å². The average molecular weight is 495 g/mol. The van der Waals surface area contributed by atoms with E-state index in [1.54, 1.807) is 13.8 Å². The Labute approximate surface area is 213 Å². The SMILES string of the molecule is CCc1cc(CCC(C)C)c(O)c2c1C[C@]1(C)C[C@]3(C)CC(C)=C(C(C)=O)C(=O)[C@]3(O)C(=O)C1=C2O. The lowest BCUT2D eigenvalue weighted by atomic mass is 9.46. The van der Waals surface area contributed by atoms with Gasteiger partial charge in [0.25, 0.3) is 0 Å². The first-order valence-corrected chi connectivity index (χ1v) is 13.0. The molecule has 194 valence electrons. The maximum Gasteiger partial charge on any atom is 0.206 e. The molecule has 3 aliphatic carbocycles. The molecule has 6 nitrogen and oxygen atoms in total. The van der Waals surface area contributed by atoms with E-state index in [0.29, 0.717) is 36.3 Å². The highest BCUT2D eigenvalue weighted by Gasteiger charge is 2.69. The highest BCUT2D eigenvalue weighted by molar-refractivity contribution is 6.33. The molecule has 3 aliphatic rings. The zero-order valence-corrected chi connectivity index (χ0v) is 22.5. The number of rotatable bonds is 5. The molecule has 3 atom stereocenters. The molecule has 0 spiro atoms. The van der Waals surface area contributed by atoms with Crippen molar-refractivity contribution in [3.63, 3.8) is 0 Å². The molecule has 1 aromatic rings. The van der Waals surface area contributed by atoms with E-state index in [-0.39, 0.29) is 41.1 Å². The van der Waals surface area contributed by atoms with Crippen LogP contribution >= 0.6 is 0 Å². The number of phenols is 1. The first-order valence-electron chi connectivity index (χ1n) is 13.0. The van der Waals surface area contributed by atoms with Gasteiger partial charge in [0.05, 0.1) is 11.1 Å². The van der Waals surface area contributed by atoms with Crippen LogP contribution < -0.4 is 0 Å². The van der Waals surface area contributed by atoms with Crippen molar-refractivity contribution in [3.8, 4) is 5.75 Å². The van der Waals surface area contributed by atoms with Crippen LogP contribution in [0.1, 0.15) is 90.0 Å². The molecule has 0 heterocycles.